The van der Waals surface area contributed by atoms with E-state index in [1.807, 2.05) is 18.2 Å². The van der Waals surface area contributed by atoms with Crippen molar-refractivity contribution in [3.8, 4) is 0 Å². The number of fused-ring (bicyclic) bond motifs is 1. The molecule has 80 valence electrons. The van der Waals surface area contributed by atoms with Gasteiger partial charge in [-0.15, -0.1) is 0 Å². The van der Waals surface area contributed by atoms with Crippen LogP contribution in [0.2, 0.25) is 0 Å². The van der Waals surface area contributed by atoms with Gasteiger partial charge in [-0.3, -0.25) is 0 Å². The minimum Gasteiger partial charge on any atom is -0.421 e. The average molecular weight is 216 g/mol. The molecule has 0 amide bonds. The van der Waals surface area contributed by atoms with Gasteiger partial charge >= 0.3 is 5.63 Å². The lowest BCUT2D eigenvalue weighted by molar-refractivity contribution is 0.158. The normalized spacial score (nSPS) is 14.4. The first-order valence-electron chi connectivity index (χ1n) is 4.75. The van der Waals surface area contributed by atoms with Crippen molar-refractivity contribution in [2.45, 2.75) is 0 Å². The predicted molar refractivity (Wildman–Crippen MR) is 58.3 cm³/mol. The molecule has 2 heterocycles. The molecular weight excluding hydrogens is 208 g/mol. The molecule has 1 aliphatic rings. The lowest BCUT2D eigenvalue weighted by Gasteiger charge is -2.12. The van der Waals surface area contributed by atoms with Crippen molar-refractivity contribution in [3.63, 3.8) is 0 Å². The minimum absolute atomic E-state index is 0.382. The summed E-state index contributed by atoms with van der Waals surface area (Å²) in [7, 11) is 0. The third kappa shape index (κ3) is 1.34. The van der Waals surface area contributed by atoms with Crippen molar-refractivity contribution in [3.05, 3.63) is 53.2 Å². The fraction of sp³-hybridized carbons (Fsp3) is 0. The largest absolute Gasteiger partial charge is 0.421 e. The fourth-order valence-corrected chi connectivity index (χ4v) is 1.56. The molecule has 0 aliphatic carbocycles. The number of hydrogen-bond donors (Lipinski definition) is 1. The number of benzene rings is 1. The van der Waals surface area contributed by atoms with Crippen LogP contribution in [-0.2, 0) is 4.84 Å². The van der Waals surface area contributed by atoms with Crippen LogP contribution < -0.4 is 16.2 Å². The zero-order chi connectivity index (χ0) is 11.0. The summed E-state index contributed by atoms with van der Waals surface area (Å²) < 4.78 is 5.18. The smallest absolute Gasteiger partial charge is 0.361 e. The summed E-state index contributed by atoms with van der Waals surface area (Å²) in [5.41, 5.74) is 3.08. The van der Waals surface area contributed by atoms with E-state index in [2.05, 4.69) is 5.59 Å². The minimum atomic E-state index is -0.415. The van der Waals surface area contributed by atoms with E-state index in [4.69, 9.17) is 9.25 Å². The van der Waals surface area contributed by atoms with Crippen LogP contribution in [-0.4, -0.2) is 0 Å². The first kappa shape index (κ1) is 8.99. The van der Waals surface area contributed by atoms with E-state index in [0.29, 0.717) is 11.3 Å². The molecule has 0 atom stereocenters. The Kier molecular flexibility index (Phi) is 1.91. The summed E-state index contributed by atoms with van der Waals surface area (Å²) in [4.78, 5) is 16.5. The maximum absolute atomic E-state index is 11.7. The van der Waals surface area contributed by atoms with Crippen molar-refractivity contribution >= 4 is 16.7 Å². The van der Waals surface area contributed by atoms with Gasteiger partial charge in [-0.1, -0.05) is 23.8 Å². The highest BCUT2D eigenvalue weighted by Gasteiger charge is 2.13. The Labute approximate surface area is 90.5 Å². The second-order valence-electron chi connectivity index (χ2n) is 3.32. The van der Waals surface area contributed by atoms with Gasteiger partial charge in [0.05, 0.1) is 6.20 Å². The first-order chi connectivity index (χ1) is 7.84. The number of nitrogens with zero attached hydrogens (tertiary/aromatic N) is 1. The number of hydrazine groups is 1. The molecule has 3 rings (SSSR count). The second kappa shape index (κ2) is 3.39. The quantitative estimate of drug-likeness (QED) is 0.732. The molecule has 1 aromatic carbocycles. The van der Waals surface area contributed by atoms with Gasteiger partial charge in [0.2, 0.25) is 0 Å². The predicted octanol–water partition coefficient (Wildman–Crippen LogP) is 1.52. The molecule has 1 aromatic heterocycles. The standard InChI is InChI=1S/C11H8N2O3/c14-11-9(13-5-6-15-12-13)7-8-3-1-2-4-10(8)16-11/h1-7,12H. The third-order valence-electron chi connectivity index (χ3n) is 2.31. The maximum Gasteiger partial charge on any atom is 0.361 e. The zero-order valence-corrected chi connectivity index (χ0v) is 8.21. The van der Waals surface area contributed by atoms with Gasteiger partial charge in [-0.25, -0.2) is 9.80 Å². The van der Waals surface area contributed by atoms with Crippen molar-refractivity contribution in [1.82, 2.24) is 5.59 Å². The summed E-state index contributed by atoms with van der Waals surface area (Å²) >= 11 is 0. The van der Waals surface area contributed by atoms with Crippen molar-refractivity contribution in [1.29, 1.82) is 0 Å². The Hall–Kier alpha value is -2.27. The van der Waals surface area contributed by atoms with Crippen LogP contribution in [0.4, 0.5) is 5.69 Å². The van der Waals surface area contributed by atoms with Crippen molar-refractivity contribution < 1.29 is 9.25 Å². The van der Waals surface area contributed by atoms with Gasteiger partial charge in [0.1, 0.15) is 17.5 Å². The Balaban J connectivity index is 2.21. The highest BCUT2D eigenvalue weighted by Crippen LogP contribution is 2.18. The Morgan fingerprint density at radius 2 is 2.12 bits per heavy atom. The molecule has 0 unspecified atom stereocenters. The second-order valence-corrected chi connectivity index (χ2v) is 3.32. The van der Waals surface area contributed by atoms with Gasteiger partial charge in [0, 0.05) is 5.39 Å². The lowest BCUT2D eigenvalue weighted by atomic mass is 10.2. The summed E-state index contributed by atoms with van der Waals surface area (Å²) in [5.74, 6) is 0. The van der Waals surface area contributed by atoms with E-state index >= 15 is 0 Å². The fourth-order valence-electron chi connectivity index (χ4n) is 1.56. The molecule has 0 saturated carbocycles. The molecule has 2 aromatic rings. The van der Waals surface area contributed by atoms with Crippen LogP contribution in [0.15, 0.2) is 52.0 Å². The SMILES string of the molecule is O=c1oc2ccccc2cc1N1C=CON1. The molecule has 5 heteroatoms. The number of rotatable bonds is 1. The Bertz CT molecular complexity index is 618. The van der Waals surface area contributed by atoms with E-state index in [1.165, 1.54) is 11.3 Å². The summed E-state index contributed by atoms with van der Waals surface area (Å²) in [6.45, 7) is 0. The Morgan fingerprint density at radius 3 is 2.94 bits per heavy atom. The number of anilines is 1. The molecule has 0 bridgehead atoms. The molecule has 1 N–H and O–H groups in total. The van der Waals surface area contributed by atoms with Crippen molar-refractivity contribution in [2.24, 2.45) is 0 Å². The maximum atomic E-state index is 11.7. The van der Waals surface area contributed by atoms with E-state index in [1.54, 1.807) is 18.3 Å². The molecule has 1 aliphatic heterocycles. The number of hydrogen-bond acceptors (Lipinski definition) is 5. The van der Waals surface area contributed by atoms with Gasteiger partial charge in [-0.2, -0.15) is 0 Å². The van der Waals surface area contributed by atoms with Gasteiger partial charge < -0.3 is 9.25 Å². The average Bonchev–Trinajstić information content (AvgIpc) is 2.81. The first-order valence-corrected chi connectivity index (χ1v) is 4.75. The van der Waals surface area contributed by atoms with Crippen molar-refractivity contribution in [2.75, 3.05) is 5.01 Å². The molecule has 0 radical (unpaired) electrons. The molecule has 0 saturated heterocycles. The van der Waals surface area contributed by atoms with Crippen LogP contribution in [0.3, 0.4) is 0 Å². The number of nitrogens with one attached hydrogen (secondary N) is 1. The topological polar surface area (TPSA) is 54.7 Å². The van der Waals surface area contributed by atoms with Crippen LogP contribution in [0.1, 0.15) is 0 Å². The zero-order valence-electron chi connectivity index (χ0n) is 8.21. The van der Waals surface area contributed by atoms with Crippen LogP contribution in [0.5, 0.6) is 0 Å². The number of para-hydroxylation sites is 1. The van der Waals surface area contributed by atoms with E-state index < -0.39 is 5.63 Å². The van der Waals surface area contributed by atoms with Gasteiger partial charge in [-0.05, 0) is 12.1 Å². The van der Waals surface area contributed by atoms with Crippen LogP contribution in [0, 0.1) is 0 Å². The molecular formula is C11H8N2O3. The van der Waals surface area contributed by atoms with Crippen LogP contribution >= 0.6 is 0 Å². The van der Waals surface area contributed by atoms with E-state index in [0.717, 1.165) is 5.39 Å². The van der Waals surface area contributed by atoms with Gasteiger partial charge in [0.15, 0.2) is 0 Å². The molecule has 16 heavy (non-hydrogen) atoms. The molecule has 0 fully saturated rings. The van der Waals surface area contributed by atoms with E-state index in [-0.39, 0.29) is 0 Å². The Morgan fingerprint density at radius 1 is 1.25 bits per heavy atom. The molecule has 0 spiro atoms. The third-order valence-corrected chi connectivity index (χ3v) is 2.31. The molecule has 5 nitrogen and oxygen atoms in total. The lowest BCUT2D eigenvalue weighted by Crippen LogP contribution is -2.30. The highest BCUT2D eigenvalue weighted by molar-refractivity contribution is 5.79. The van der Waals surface area contributed by atoms with Crippen LogP contribution in [0.25, 0.3) is 11.0 Å². The monoisotopic (exact) mass is 216 g/mol. The summed E-state index contributed by atoms with van der Waals surface area (Å²) in [6, 6.07) is 9.08. The summed E-state index contributed by atoms with van der Waals surface area (Å²) in [6.07, 6.45) is 3.04. The van der Waals surface area contributed by atoms with E-state index in [9.17, 15) is 4.79 Å². The summed E-state index contributed by atoms with van der Waals surface area (Å²) in [5, 5.41) is 2.32. The highest BCUT2D eigenvalue weighted by atomic mass is 16.7. The van der Waals surface area contributed by atoms with Gasteiger partial charge in [0.25, 0.3) is 0 Å².